The third kappa shape index (κ3) is 5.49. The van der Waals surface area contributed by atoms with Crippen molar-refractivity contribution in [2.75, 3.05) is 25.0 Å². The quantitative estimate of drug-likeness (QED) is 0.871. The summed E-state index contributed by atoms with van der Waals surface area (Å²) in [5.74, 6) is -1.04. The summed E-state index contributed by atoms with van der Waals surface area (Å²) in [6, 6.07) is 7.86. The van der Waals surface area contributed by atoms with Crippen molar-refractivity contribution in [2.24, 2.45) is 5.92 Å². The average molecular weight is 355 g/mol. The minimum Gasteiger partial charge on any atom is -0.481 e. The molecule has 0 aliphatic carbocycles. The Morgan fingerprint density at radius 3 is 2.33 bits per heavy atom. The van der Waals surface area contributed by atoms with Crippen LogP contribution in [0.3, 0.4) is 0 Å². The fraction of sp³-hybridized carbons (Fsp3) is 0.556. The Morgan fingerprint density at radius 2 is 1.79 bits per heavy atom. The standard InChI is InChI=1S/C18H26N2O3.ClH/c1-18(2,3)14-6-4-5-7-15(14)19-16(21)12-20-10-8-13(9-11-20)17(22)23;/h4-7,13H,8-12H2,1-3H3,(H,19,21)(H,22,23);1H. The number of carboxylic acid groups (broad SMARTS) is 1. The fourth-order valence-electron chi connectivity index (χ4n) is 2.98. The van der Waals surface area contributed by atoms with Gasteiger partial charge in [0.1, 0.15) is 0 Å². The summed E-state index contributed by atoms with van der Waals surface area (Å²) >= 11 is 0. The summed E-state index contributed by atoms with van der Waals surface area (Å²) in [6.45, 7) is 7.99. The molecule has 1 aromatic rings. The van der Waals surface area contributed by atoms with E-state index in [1.54, 1.807) is 0 Å². The molecule has 1 aromatic carbocycles. The number of aliphatic carboxylic acids is 1. The number of carbonyl (C=O) groups is 2. The van der Waals surface area contributed by atoms with Crippen molar-refractivity contribution < 1.29 is 14.7 Å². The number of hydrogen-bond acceptors (Lipinski definition) is 3. The molecule has 0 saturated carbocycles. The molecular weight excluding hydrogens is 328 g/mol. The highest BCUT2D eigenvalue weighted by Crippen LogP contribution is 2.29. The van der Waals surface area contributed by atoms with Crippen LogP contribution >= 0.6 is 12.4 Å². The number of carboxylic acids is 1. The number of nitrogens with zero attached hydrogens (tertiary/aromatic N) is 1. The van der Waals surface area contributed by atoms with Crippen LogP contribution in [0.5, 0.6) is 0 Å². The Bertz CT molecular complexity index is 576. The van der Waals surface area contributed by atoms with E-state index in [0.717, 1.165) is 11.3 Å². The number of rotatable bonds is 4. The molecule has 0 bridgehead atoms. The van der Waals surface area contributed by atoms with Crippen molar-refractivity contribution in [3.8, 4) is 0 Å². The SMILES string of the molecule is CC(C)(C)c1ccccc1NC(=O)CN1CCC(C(=O)O)CC1.Cl. The first kappa shape index (κ1) is 20.5. The molecule has 5 nitrogen and oxygen atoms in total. The number of piperidine rings is 1. The van der Waals surface area contributed by atoms with Gasteiger partial charge in [0, 0.05) is 5.69 Å². The van der Waals surface area contributed by atoms with Gasteiger partial charge in [0.25, 0.3) is 0 Å². The molecule has 2 rings (SSSR count). The van der Waals surface area contributed by atoms with Crippen LogP contribution in [-0.2, 0) is 15.0 Å². The maximum absolute atomic E-state index is 12.3. The number of carbonyl (C=O) groups excluding carboxylic acids is 1. The van der Waals surface area contributed by atoms with Gasteiger partial charge in [-0.2, -0.15) is 0 Å². The van der Waals surface area contributed by atoms with E-state index >= 15 is 0 Å². The van der Waals surface area contributed by atoms with Gasteiger partial charge >= 0.3 is 5.97 Å². The smallest absolute Gasteiger partial charge is 0.306 e. The summed E-state index contributed by atoms with van der Waals surface area (Å²) in [5, 5.41) is 12.0. The number of amides is 1. The largest absolute Gasteiger partial charge is 0.481 e. The minimum atomic E-state index is -0.729. The first-order valence-corrected chi connectivity index (χ1v) is 8.12. The van der Waals surface area contributed by atoms with Crippen LogP contribution in [0.1, 0.15) is 39.2 Å². The highest BCUT2D eigenvalue weighted by atomic mass is 35.5. The number of para-hydroxylation sites is 1. The van der Waals surface area contributed by atoms with Crippen molar-refractivity contribution in [1.82, 2.24) is 4.90 Å². The second-order valence-corrected chi connectivity index (χ2v) is 7.23. The molecule has 2 N–H and O–H groups in total. The molecule has 1 aliphatic heterocycles. The Kier molecular flexibility index (Phi) is 7.24. The molecule has 0 unspecified atom stereocenters. The zero-order valence-corrected chi connectivity index (χ0v) is 15.4. The van der Waals surface area contributed by atoms with Crippen molar-refractivity contribution in [3.63, 3.8) is 0 Å². The van der Waals surface area contributed by atoms with Crippen LogP contribution in [0.25, 0.3) is 0 Å². The van der Waals surface area contributed by atoms with Gasteiger partial charge < -0.3 is 10.4 Å². The number of anilines is 1. The Balaban J connectivity index is 0.00000288. The zero-order valence-electron chi connectivity index (χ0n) is 14.5. The predicted molar refractivity (Wildman–Crippen MR) is 97.8 cm³/mol. The lowest BCUT2D eigenvalue weighted by atomic mass is 9.86. The van der Waals surface area contributed by atoms with E-state index in [2.05, 4.69) is 26.1 Å². The maximum Gasteiger partial charge on any atom is 0.306 e. The number of benzene rings is 1. The highest BCUT2D eigenvalue weighted by molar-refractivity contribution is 5.93. The van der Waals surface area contributed by atoms with Gasteiger partial charge in [-0.15, -0.1) is 12.4 Å². The molecule has 0 radical (unpaired) electrons. The molecule has 6 heteroatoms. The van der Waals surface area contributed by atoms with E-state index in [1.165, 1.54) is 0 Å². The molecule has 24 heavy (non-hydrogen) atoms. The molecule has 1 amide bonds. The lowest BCUT2D eigenvalue weighted by Crippen LogP contribution is -2.40. The molecule has 1 saturated heterocycles. The zero-order chi connectivity index (χ0) is 17.0. The third-order valence-electron chi connectivity index (χ3n) is 4.31. The number of halogens is 1. The van der Waals surface area contributed by atoms with Gasteiger partial charge in [0.05, 0.1) is 12.5 Å². The molecule has 0 spiro atoms. The van der Waals surface area contributed by atoms with Crippen molar-refractivity contribution >= 4 is 30.0 Å². The molecule has 134 valence electrons. The summed E-state index contributed by atoms with van der Waals surface area (Å²) in [7, 11) is 0. The van der Waals surface area contributed by atoms with Crippen LogP contribution in [0.15, 0.2) is 24.3 Å². The molecular formula is C18H27ClN2O3. The van der Waals surface area contributed by atoms with Gasteiger partial charge in [-0.1, -0.05) is 39.0 Å². The van der Waals surface area contributed by atoms with Crippen LogP contribution in [0, 0.1) is 5.92 Å². The first-order chi connectivity index (χ1) is 10.8. The topological polar surface area (TPSA) is 69.6 Å². The predicted octanol–water partition coefficient (Wildman–Crippen LogP) is 3.14. The van der Waals surface area contributed by atoms with Gasteiger partial charge in [0.15, 0.2) is 0 Å². The minimum absolute atomic E-state index is 0. The van der Waals surface area contributed by atoms with Crippen LogP contribution in [0.4, 0.5) is 5.69 Å². The number of hydrogen-bond donors (Lipinski definition) is 2. The summed E-state index contributed by atoms with van der Waals surface area (Å²) in [4.78, 5) is 25.3. The van der Waals surface area contributed by atoms with E-state index in [9.17, 15) is 9.59 Å². The summed E-state index contributed by atoms with van der Waals surface area (Å²) < 4.78 is 0. The second kappa shape index (κ2) is 8.49. The van der Waals surface area contributed by atoms with Crippen molar-refractivity contribution in [1.29, 1.82) is 0 Å². The van der Waals surface area contributed by atoms with E-state index in [4.69, 9.17) is 5.11 Å². The van der Waals surface area contributed by atoms with Crippen LogP contribution in [0.2, 0.25) is 0 Å². The van der Waals surface area contributed by atoms with E-state index in [0.29, 0.717) is 32.5 Å². The van der Waals surface area contributed by atoms with Crippen molar-refractivity contribution in [3.05, 3.63) is 29.8 Å². The average Bonchev–Trinajstić information content (AvgIpc) is 2.47. The van der Waals surface area contributed by atoms with Gasteiger partial charge in [-0.25, -0.2) is 0 Å². The van der Waals surface area contributed by atoms with Gasteiger partial charge in [-0.3, -0.25) is 14.5 Å². The second-order valence-electron chi connectivity index (χ2n) is 7.23. The molecule has 0 aromatic heterocycles. The number of likely N-dealkylation sites (tertiary alicyclic amines) is 1. The first-order valence-electron chi connectivity index (χ1n) is 8.12. The monoisotopic (exact) mass is 354 g/mol. The van der Waals surface area contributed by atoms with Crippen molar-refractivity contribution in [2.45, 2.75) is 39.0 Å². The Labute approximate surface area is 149 Å². The lowest BCUT2D eigenvalue weighted by molar-refractivity contribution is -0.143. The molecule has 0 atom stereocenters. The molecule has 1 aliphatic rings. The Hall–Kier alpha value is -1.59. The fourth-order valence-corrected chi connectivity index (χ4v) is 2.98. The number of nitrogens with one attached hydrogen (secondary N) is 1. The molecule has 1 fully saturated rings. The highest BCUT2D eigenvalue weighted by Gasteiger charge is 2.26. The van der Waals surface area contributed by atoms with E-state index < -0.39 is 5.97 Å². The third-order valence-corrected chi connectivity index (χ3v) is 4.31. The van der Waals surface area contributed by atoms with E-state index in [-0.39, 0.29) is 29.6 Å². The summed E-state index contributed by atoms with van der Waals surface area (Å²) in [5.41, 5.74) is 1.92. The normalized spacial score (nSPS) is 16.3. The van der Waals surface area contributed by atoms with Gasteiger partial charge in [-0.05, 0) is 43.0 Å². The summed E-state index contributed by atoms with van der Waals surface area (Å²) in [6.07, 6.45) is 1.22. The van der Waals surface area contributed by atoms with Gasteiger partial charge in [0.2, 0.25) is 5.91 Å². The van der Waals surface area contributed by atoms with E-state index in [1.807, 2.05) is 29.2 Å². The maximum atomic E-state index is 12.3. The Morgan fingerprint density at radius 1 is 1.21 bits per heavy atom. The lowest BCUT2D eigenvalue weighted by Gasteiger charge is -2.29. The molecule has 1 heterocycles. The van der Waals surface area contributed by atoms with Crippen LogP contribution in [-0.4, -0.2) is 41.5 Å². The van der Waals surface area contributed by atoms with Crippen LogP contribution < -0.4 is 5.32 Å².